The van der Waals surface area contributed by atoms with E-state index in [0.717, 1.165) is 5.56 Å². The Bertz CT molecular complexity index is 970. The maximum atomic E-state index is 12.9. The number of hydrogen-bond donors (Lipinski definition) is 1. The van der Waals surface area contributed by atoms with Gasteiger partial charge in [-0.25, -0.2) is 4.98 Å². The number of hydrogen-bond acceptors (Lipinski definition) is 4. The quantitative estimate of drug-likeness (QED) is 0.672. The zero-order valence-electron chi connectivity index (χ0n) is 15.3. The molecule has 1 amide bonds. The Balaban J connectivity index is 1.67. The Morgan fingerprint density at radius 1 is 0.964 bits per heavy atom. The van der Waals surface area contributed by atoms with Gasteiger partial charge in [-0.15, -0.1) is 0 Å². The molecule has 0 spiro atoms. The van der Waals surface area contributed by atoms with Gasteiger partial charge in [0.15, 0.2) is 0 Å². The third kappa shape index (κ3) is 3.29. The first kappa shape index (κ1) is 18.0. The molecule has 1 fully saturated rings. The van der Waals surface area contributed by atoms with Crippen LogP contribution in [-0.4, -0.2) is 37.8 Å². The molecule has 3 aromatic rings. The largest absolute Gasteiger partial charge is 0.508 e. The van der Waals surface area contributed by atoms with Gasteiger partial charge in [0.1, 0.15) is 5.75 Å². The molecule has 1 aromatic heterocycles. The Kier molecular flexibility index (Phi) is 4.93. The van der Waals surface area contributed by atoms with Crippen molar-refractivity contribution in [3.8, 4) is 5.75 Å². The van der Waals surface area contributed by atoms with Crippen molar-refractivity contribution in [3.05, 3.63) is 84.4 Å². The average molecular weight is 375 g/mol. The lowest BCUT2D eigenvalue weighted by Gasteiger charge is -2.28. The number of Topliss-reactive ketones (excluding diaryl/α,β-unsaturated/α-hetero) is 1. The fourth-order valence-corrected chi connectivity index (χ4v) is 3.89. The Hall–Kier alpha value is -3.41. The fourth-order valence-electron chi connectivity index (χ4n) is 3.89. The molecule has 2 aromatic carbocycles. The summed E-state index contributed by atoms with van der Waals surface area (Å²) in [5.41, 5.74) is 1.38. The molecular weight excluding hydrogens is 354 g/mol. The normalized spacial score (nSPS) is 19.4. The number of carbonyl (C=O) groups is 2. The SMILES string of the molecule is O=C1C(=O)N(CCCn2ccnc2)C(c2ccccc2O)C1c1ccccc1. The van der Waals surface area contributed by atoms with Crippen LogP contribution in [0.2, 0.25) is 0 Å². The minimum absolute atomic E-state index is 0.0931. The van der Waals surface area contributed by atoms with Gasteiger partial charge >= 0.3 is 0 Å². The van der Waals surface area contributed by atoms with E-state index >= 15 is 0 Å². The Morgan fingerprint density at radius 2 is 1.71 bits per heavy atom. The molecule has 2 unspecified atom stereocenters. The standard InChI is InChI=1S/C22H21N3O3/c26-18-10-5-4-9-17(18)20-19(16-7-2-1-3-8-16)21(27)22(28)25(20)13-6-12-24-14-11-23-15-24/h1-5,7-11,14-15,19-20,26H,6,12-13H2. The lowest BCUT2D eigenvalue weighted by atomic mass is 9.86. The van der Waals surface area contributed by atoms with Crippen molar-refractivity contribution in [1.29, 1.82) is 0 Å². The molecule has 142 valence electrons. The van der Waals surface area contributed by atoms with E-state index in [0.29, 0.717) is 25.1 Å². The number of phenolic OH excluding ortho intramolecular Hbond substituents is 1. The van der Waals surface area contributed by atoms with Crippen molar-refractivity contribution in [3.63, 3.8) is 0 Å². The molecule has 0 saturated carbocycles. The molecule has 4 rings (SSSR count). The first-order valence-electron chi connectivity index (χ1n) is 9.30. The van der Waals surface area contributed by atoms with Gasteiger partial charge < -0.3 is 14.6 Å². The van der Waals surface area contributed by atoms with Gasteiger partial charge in [-0.1, -0.05) is 48.5 Å². The van der Waals surface area contributed by atoms with Crippen LogP contribution in [0.1, 0.15) is 29.5 Å². The number of aryl methyl sites for hydroxylation is 1. The smallest absolute Gasteiger partial charge is 0.291 e. The number of phenols is 1. The molecule has 0 radical (unpaired) electrons. The van der Waals surface area contributed by atoms with Gasteiger partial charge in [-0.3, -0.25) is 9.59 Å². The number of aromatic nitrogens is 2. The highest BCUT2D eigenvalue weighted by Gasteiger charge is 2.49. The highest BCUT2D eigenvalue weighted by molar-refractivity contribution is 6.40. The number of carbonyl (C=O) groups excluding carboxylic acids is 2. The lowest BCUT2D eigenvalue weighted by molar-refractivity contribution is -0.140. The summed E-state index contributed by atoms with van der Waals surface area (Å²) >= 11 is 0. The number of likely N-dealkylation sites (tertiary alicyclic amines) is 1. The van der Waals surface area contributed by atoms with Crippen LogP contribution in [-0.2, 0) is 16.1 Å². The number of amides is 1. The number of ketones is 1. The first-order valence-corrected chi connectivity index (χ1v) is 9.30. The highest BCUT2D eigenvalue weighted by atomic mass is 16.3. The lowest BCUT2D eigenvalue weighted by Crippen LogP contribution is -2.31. The molecule has 1 aliphatic rings. The number of para-hydroxylation sites is 1. The zero-order valence-corrected chi connectivity index (χ0v) is 15.3. The molecule has 2 atom stereocenters. The summed E-state index contributed by atoms with van der Waals surface area (Å²) in [6.45, 7) is 1.12. The van der Waals surface area contributed by atoms with Crippen molar-refractivity contribution in [2.75, 3.05) is 6.54 Å². The monoisotopic (exact) mass is 375 g/mol. The highest BCUT2D eigenvalue weighted by Crippen LogP contribution is 2.45. The molecule has 0 bridgehead atoms. The summed E-state index contributed by atoms with van der Waals surface area (Å²) in [6.07, 6.45) is 5.98. The number of aromatic hydroxyl groups is 1. The zero-order chi connectivity index (χ0) is 19.5. The van der Waals surface area contributed by atoms with Gasteiger partial charge in [0, 0.05) is 31.0 Å². The van der Waals surface area contributed by atoms with E-state index in [4.69, 9.17) is 0 Å². The number of imidazole rings is 1. The topological polar surface area (TPSA) is 75.4 Å². The molecule has 1 N–H and O–H groups in total. The molecule has 28 heavy (non-hydrogen) atoms. The number of benzene rings is 2. The molecule has 2 heterocycles. The Morgan fingerprint density at radius 3 is 2.43 bits per heavy atom. The van der Waals surface area contributed by atoms with Crippen LogP contribution in [0.4, 0.5) is 0 Å². The van der Waals surface area contributed by atoms with Crippen molar-refractivity contribution in [1.82, 2.24) is 14.5 Å². The summed E-state index contributed by atoms with van der Waals surface area (Å²) < 4.78 is 1.94. The van der Waals surface area contributed by atoms with Gasteiger partial charge in [-0.2, -0.15) is 0 Å². The van der Waals surface area contributed by atoms with E-state index in [1.54, 1.807) is 35.6 Å². The minimum Gasteiger partial charge on any atom is -0.508 e. The molecule has 0 aliphatic carbocycles. The summed E-state index contributed by atoms with van der Waals surface area (Å²) in [6, 6.07) is 15.7. The molecule has 1 saturated heterocycles. The summed E-state index contributed by atoms with van der Waals surface area (Å²) in [7, 11) is 0. The first-order chi connectivity index (χ1) is 13.7. The van der Waals surface area contributed by atoms with Crippen molar-refractivity contribution >= 4 is 11.7 Å². The summed E-state index contributed by atoms with van der Waals surface area (Å²) in [4.78, 5) is 31.4. The van der Waals surface area contributed by atoms with E-state index in [2.05, 4.69) is 4.98 Å². The van der Waals surface area contributed by atoms with Crippen LogP contribution in [0.25, 0.3) is 0 Å². The van der Waals surface area contributed by atoms with Crippen molar-refractivity contribution < 1.29 is 14.7 Å². The van der Waals surface area contributed by atoms with E-state index in [-0.39, 0.29) is 5.75 Å². The predicted molar refractivity (Wildman–Crippen MR) is 104 cm³/mol. The maximum Gasteiger partial charge on any atom is 0.291 e. The predicted octanol–water partition coefficient (Wildman–Crippen LogP) is 2.92. The molecule has 6 nitrogen and oxygen atoms in total. The second kappa shape index (κ2) is 7.68. The van der Waals surface area contributed by atoms with E-state index in [9.17, 15) is 14.7 Å². The maximum absolute atomic E-state index is 12.9. The van der Waals surface area contributed by atoms with E-state index in [1.807, 2.05) is 47.2 Å². The minimum atomic E-state index is -0.629. The van der Waals surface area contributed by atoms with Crippen molar-refractivity contribution in [2.45, 2.75) is 24.9 Å². The van der Waals surface area contributed by atoms with Crippen LogP contribution in [0.3, 0.4) is 0 Å². The molecule has 6 heteroatoms. The van der Waals surface area contributed by atoms with Gasteiger partial charge in [0.05, 0.1) is 18.3 Å². The summed E-state index contributed by atoms with van der Waals surface area (Å²) in [5, 5.41) is 10.4. The number of rotatable bonds is 6. The fraction of sp³-hybridized carbons (Fsp3) is 0.227. The second-order valence-corrected chi connectivity index (χ2v) is 6.91. The third-order valence-corrected chi connectivity index (χ3v) is 5.19. The number of nitrogens with zero attached hydrogens (tertiary/aromatic N) is 3. The Labute approximate surface area is 163 Å². The summed E-state index contributed by atoms with van der Waals surface area (Å²) in [5.74, 6) is -1.46. The van der Waals surface area contributed by atoms with Crippen LogP contribution in [0, 0.1) is 0 Å². The van der Waals surface area contributed by atoms with E-state index in [1.165, 1.54) is 0 Å². The van der Waals surface area contributed by atoms with Gasteiger partial charge in [-0.05, 0) is 18.1 Å². The van der Waals surface area contributed by atoms with Gasteiger partial charge in [0.2, 0.25) is 5.78 Å². The van der Waals surface area contributed by atoms with Gasteiger partial charge in [0.25, 0.3) is 5.91 Å². The molecule has 1 aliphatic heterocycles. The second-order valence-electron chi connectivity index (χ2n) is 6.91. The third-order valence-electron chi connectivity index (χ3n) is 5.19. The van der Waals surface area contributed by atoms with Crippen LogP contribution < -0.4 is 0 Å². The van der Waals surface area contributed by atoms with Crippen LogP contribution >= 0.6 is 0 Å². The van der Waals surface area contributed by atoms with Crippen LogP contribution in [0.5, 0.6) is 5.75 Å². The van der Waals surface area contributed by atoms with Crippen molar-refractivity contribution in [2.24, 2.45) is 0 Å². The van der Waals surface area contributed by atoms with E-state index < -0.39 is 23.7 Å². The molecular formula is C22H21N3O3. The average Bonchev–Trinajstić information content (AvgIpc) is 3.31. The van der Waals surface area contributed by atoms with Crippen LogP contribution in [0.15, 0.2) is 73.3 Å².